The smallest absolute Gasteiger partial charge is 0.362 e. The predicted molar refractivity (Wildman–Crippen MR) is 122 cm³/mol. The molecule has 0 N–H and O–H groups in total. The van der Waals surface area contributed by atoms with Crippen molar-refractivity contribution in [1.29, 1.82) is 0 Å². The number of ether oxygens (including phenoxy) is 1. The van der Waals surface area contributed by atoms with E-state index in [4.69, 9.17) is 4.74 Å². The Labute approximate surface area is 189 Å². The largest absolute Gasteiger partial charge is 0.457 e. The van der Waals surface area contributed by atoms with Gasteiger partial charge in [0.05, 0.1) is 13.1 Å². The van der Waals surface area contributed by atoms with Crippen molar-refractivity contribution in [3.8, 4) is 0 Å². The molecule has 2 fully saturated rings. The molecule has 1 unspecified atom stereocenters. The van der Waals surface area contributed by atoms with Crippen LogP contribution in [0.25, 0.3) is 0 Å². The van der Waals surface area contributed by atoms with Crippen LogP contribution in [0.5, 0.6) is 0 Å². The van der Waals surface area contributed by atoms with Gasteiger partial charge in [0.2, 0.25) is 0 Å². The van der Waals surface area contributed by atoms with Gasteiger partial charge in [0, 0.05) is 31.5 Å². The number of hydrogen-bond donors (Lipinski definition) is 0. The van der Waals surface area contributed by atoms with E-state index in [1.807, 2.05) is 49.1 Å². The highest BCUT2D eigenvalue weighted by molar-refractivity contribution is 5.98. The first-order chi connectivity index (χ1) is 15.4. The molecule has 0 saturated carbocycles. The summed E-state index contributed by atoms with van der Waals surface area (Å²) in [7, 11) is 0. The number of halogens is 1. The van der Waals surface area contributed by atoms with E-state index >= 15 is 0 Å². The van der Waals surface area contributed by atoms with Gasteiger partial charge in [-0.15, -0.1) is 0 Å². The summed E-state index contributed by atoms with van der Waals surface area (Å²) in [6, 6.07) is 12.4. The number of rotatable bonds is 6. The van der Waals surface area contributed by atoms with Crippen LogP contribution in [-0.4, -0.2) is 48.6 Å². The van der Waals surface area contributed by atoms with E-state index < -0.39 is 0 Å². The zero-order valence-electron chi connectivity index (χ0n) is 19.0. The molecule has 0 bridgehead atoms. The first kappa shape index (κ1) is 22.5. The highest BCUT2D eigenvalue weighted by Gasteiger charge is 2.49. The molecule has 5 nitrogen and oxygen atoms in total. The fraction of sp³-hybridized carbons (Fsp3) is 0.462. The van der Waals surface area contributed by atoms with Crippen LogP contribution in [0.15, 0.2) is 42.5 Å². The van der Waals surface area contributed by atoms with E-state index in [0.717, 1.165) is 61.2 Å². The molecular weight excluding hydrogens is 407 g/mol. The number of benzene rings is 2. The molecule has 2 aliphatic rings. The van der Waals surface area contributed by atoms with Crippen molar-refractivity contribution in [3.05, 3.63) is 65.0 Å². The second kappa shape index (κ2) is 9.41. The summed E-state index contributed by atoms with van der Waals surface area (Å²) in [6.07, 6.45) is 3.64. The molecule has 6 heteroatoms. The normalized spacial score (nSPS) is 20.4. The number of piperidine rings is 1. The first-order valence-corrected chi connectivity index (χ1v) is 11.5. The number of hydrogen-bond acceptors (Lipinski definition) is 3. The van der Waals surface area contributed by atoms with Crippen molar-refractivity contribution in [2.24, 2.45) is 0 Å². The zero-order chi connectivity index (χ0) is 22.7. The van der Waals surface area contributed by atoms with Crippen LogP contribution in [0.4, 0.5) is 10.1 Å². The van der Waals surface area contributed by atoms with Crippen molar-refractivity contribution in [1.82, 2.24) is 0 Å². The lowest BCUT2D eigenvalue weighted by molar-refractivity contribution is -0.925. The maximum Gasteiger partial charge on any atom is 0.362 e. The number of carbonyl (C=O) groups is 2. The lowest BCUT2D eigenvalue weighted by Gasteiger charge is -2.44. The first-order valence-electron chi connectivity index (χ1n) is 11.5. The maximum atomic E-state index is 13.8. The van der Waals surface area contributed by atoms with Crippen LogP contribution in [0.3, 0.4) is 0 Å². The van der Waals surface area contributed by atoms with Crippen LogP contribution in [0, 0.1) is 19.7 Å². The van der Waals surface area contributed by atoms with E-state index in [-0.39, 0.29) is 36.9 Å². The zero-order valence-corrected chi connectivity index (χ0v) is 19.0. The monoisotopic (exact) mass is 439 g/mol. The topological polar surface area (TPSA) is 46.6 Å². The Kier molecular flexibility index (Phi) is 6.60. The Morgan fingerprint density at radius 2 is 1.75 bits per heavy atom. The summed E-state index contributed by atoms with van der Waals surface area (Å²) in [4.78, 5) is 28.4. The Balaban J connectivity index is 1.52. The van der Waals surface area contributed by atoms with Gasteiger partial charge in [0.25, 0.3) is 5.91 Å². The van der Waals surface area contributed by atoms with Gasteiger partial charge in [0.15, 0.2) is 12.6 Å². The maximum absolute atomic E-state index is 13.8. The van der Waals surface area contributed by atoms with Gasteiger partial charge < -0.3 is 14.1 Å². The van der Waals surface area contributed by atoms with Crippen LogP contribution >= 0.6 is 0 Å². The molecule has 1 amide bonds. The van der Waals surface area contributed by atoms with Gasteiger partial charge in [-0.2, -0.15) is 0 Å². The Morgan fingerprint density at radius 1 is 1.09 bits per heavy atom. The van der Waals surface area contributed by atoms with Gasteiger partial charge in [-0.3, -0.25) is 4.79 Å². The molecule has 1 atom stereocenters. The lowest BCUT2D eigenvalue weighted by atomic mass is 9.97. The number of esters is 1. The Morgan fingerprint density at radius 3 is 2.41 bits per heavy atom. The SMILES string of the molecule is Cc1cc(F)cc(C)c1N1CCCC([N+]2(CC(=O)OCc3ccccc3)CCCC2)C1=O. The van der Waals surface area contributed by atoms with Crippen LogP contribution in [-0.2, 0) is 20.9 Å². The molecule has 4 rings (SSSR count). The third-order valence-corrected chi connectivity index (χ3v) is 6.94. The van der Waals surface area contributed by atoms with Crippen LogP contribution < -0.4 is 4.90 Å². The summed E-state index contributed by atoms with van der Waals surface area (Å²) < 4.78 is 19.9. The minimum absolute atomic E-state index is 0.0480. The average Bonchev–Trinajstić information content (AvgIpc) is 3.23. The molecular formula is C26H32FN2O3+. The van der Waals surface area contributed by atoms with E-state index in [2.05, 4.69) is 0 Å². The summed E-state index contributed by atoms with van der Waals surface area (Å²) in [5.41, 5.74) is 3.31. The van der Waals surface area contributed by atoms with Crippen molar-refractivity contribution in [2.75, 3.05) is 31.1 Å². The van der Waals surface area contributed by atoms with E-state index in [1.54, 1.807) is 0 Å². The van der Waals surface area contributed by atoms with Gasteiger partial charge in [0.1, 0.15) is 12.4 Å². The highest BCUT2D eigenvalue weighted by Crippen LogP contribution is 2.35. The standard InChI is InChI=1S/C26H32FN2O3/c1-19-15-22(27)16-20(2)25(19)28-12-8-11-23(26(28)31)29(13-6-7-14-29)17-24(30)32-18-21-9-4-3-5-10-21/h3-5,9-10,15-16,23H,6-8,11-14,17-18H2,1-2H3/q+1. The number of carbonyl (C=O) groups excluding carboxylic acids is 2. The lowest BCUT2D eigenvalue weighted by Crippen LogP contribution is -2.64. The van der Waals surface area contributed by atoms with Gasteiger partial charge in [-0.05, 0) is 49.1 Å². The second-order valence-corrected chi connectivity index (χ2v) is 9.21. The fourth-order valence-corrected chi connectivity index (χ4v) is 5.50. The average molecular weight is 440 g/mol. The van der Waals surface area contributed by atoms with Crippen molar-refractivity contribution < 1.29 is 23.2 Å². The van der Waals surface area contributed by atoms with Crippen molar-refractivity contribution in [2.45, 2.75) is 52.2 Å². The number of aryl methyl sites for hydroxylation is 2. The molecule has 32 heavy (non-hydrogen) atoms. The van der Waals surface area contributed by atoms with Crippen LogP contribution in [0.2, 0.25) is 0 Å². The van der Waals surface area contributed by atoms with Gasteiger partial charge in [-0.1, -0.05) is 30.3 Å². The molecule has 2 aliphatic heterocycles. The number of amides is 1. The minimum atomic E-state index is -0.283. The minimum Gasteiger partial charge on any atom is -0.457 e. The summed E-state index contributed by atoms with van der Waals surface area (Å²) in [6.45, 7) is 6.42. The second-order valence-electron chi connectivity index (χ2n) is 9.21. The molecule has 0 aromatic heterocycles. The van der Waals surface area contributed by atoms with E-state index in [1.165, 1.54) is 12.1 Å². The molecule has 0 spiro atoms. The van der Waals surface area contributed by atoms with Crippen molar-refractivity contribution >= 4 is 17.6 Å². The summed E-state index contributed by atoms with van der Waals surface area (Å²) in [5, 5.41) is 0. The summed E-state index contributed by atoms with van der Waals surface area (Å²) >= 11 is 0. The third-order valence-electron chi connectivity index (χ3n) is 6.94. The Bertz CT molecular complexity index is 963. The molecule has 2 aromatic carbocycles. The summed E-state index contributed by atoms with van der Waals surface area (Å²) in [5.74, 6) is -0.490. The van der Waals surface area contributed by atoms with E-state index in [0.29, 0.717) is 11.0 Å². The Hall–Kier alpha value is -2.73. The third kappa shape index (κ3) is 4.56. The number of quaternary nitrogens is 1. The molecule has 170 valence electrons. The quantitative estimate of drug-likeness (QED) is 0.498. The van der Waals surface area contributed by atoms with Gasteiger partial charge in [-0.25, -0.2) is 9.18 Å². The molecule has 2 saturated heterocycles. The predicted octanol–water partition coefficient (Wildman–Crippen LogP) is 4.29. The van der Waals surface area contributed by atoms with Gasteiger partial charge >= 0.3 is 5.97 Å². The molecule has 2 heterocycles. The number of likely N-dealkylation sites (tertiary alicyclic amines) is 1. The molecule has 0 aliphatic carbocycles. The van der Waals surface area contributed by atoms with Crippen molar-refractivity contribution in [3.63, 3.8) is 0 Å². The fourth-order valence-electron chi connectivity index (χ4n) is 5.50. The number of nitrogens with zero attached hydrogens (tertiary/aromatic N) is 2. The molecule has 0 radical (unpaired) electrons. The molecule has 2 aromatic rings. The highest BCUT2D eigenvalue weighted by atomic mass is 19.1. The number of anilines is 1. The van der Waals surface area contributed by atoms with E-state index in [9.17, 15) is 14.0 Å². The van der Waals surface area contributed by atoms with Crippen LogP contribution in [0.1, 0.15) is 42.4 Å².